The molecule has 1 aliphatic heterocycles. The van der Waals surface area contributed by atoms with E-state index in [9.17, 15) is 9.70 Å². The Morgan fingerprint density at radius 1 is 1.40 bits per heavy atom. The van der Waals surface area contributed by atoms with Gasteiger partial charge in [-0.05, 0) is 12.2 Å². The minimum atomic E-state index is -0.139. The second-order valence-corrected chi connectivity index (χ2v) is 2.08. The fraction of sp³-hybridized carbons (Fsp3) is 0.286. The van der Waals surface area contributed by atoms with E-state index in [-0.39, 0.29) is 12.3 Å². The zero-order valence-corrected chi connectivity index (χ0v) is 5.49. The summed E-state index contributed by atoms with van der Waals surface area (Å²) < 4.78 is 0.725. The Hall–Kier alpha value is -1.25. The van der Waals surface area contributed by atoms with Crippen molar-refractivity contribution in [3.8, 4) is 0 Å². The third kappa shape index (κ3) is 1.93. The molecule has 0 saturated heterocycles. The summed E-state index contributed by atoms with van der Waals surface area (Å²) >= 11 is 0. The molecular weight excluding hydrogens is 130 g/mol. The molecular formula is C7H8NO2+. The van der Waals surface area contributed by atoms with Crippen LogP contribution in [0.25, 0.3) is 0 Å². The van der Waals surface area contributed by atoms with Gasteiger partial charge in [0, 0.05) is 9.67 Å². The first-order valence-electron chi connectivity index (χ1n) is 3.07. The number of ketones is 1. The van der Waals surface area contributed by atoms with Gasteiger partial charge in [-0.15, -0.1) is 0 Å². The van der Waals surface area contributed by atoms with E-state index < -0.39 is 0 Å². The molecule has 0 N–H and O–H groups in total. The molecule has 1 aliphatic rings. The second-order valence-electron chi connectivity index (χ2n) is 2.08. The van der Waals surface area contributed by atoms with Gasteiger partial charge in [-0.3, -0.25) is 4.79 Å². The van der Waals surface area contributed by atoms with Crippen LogP contribution in [-0.4, -0.2) is 23.6 Å². The molecule has 52 valence electrons. The normalized spacial score (nSPS) is 25.2. The molecule has 0 bridgehead atoms. The zero-order valence-electron chi connectivity index (χ0n) is 5.49. The van der Waals surface area contributed by atoms with Crippen LogP contribution in [0.5, 0.6) is 0 Å². The summed E-state index contributed by atoms with van der Waals surface area (Å²) in [6, 6.07) is 0. The molecule has 0 radical (unpaired) electrons. The quantitative estimate of drug-likeness (QED) is 0.456. The highest BCUT2D eigenvalue weighted by Crippen LogP contribution is 1.88. The largest absolute Gasteiger partial charge is 0.288 e. The van der Waals surface area contributed by atoms with Gasteiger partial charge in [0.2, 0.25) is 12.3 Å². The molecule has 0 aromatic carbocycles. The van der Waals surface area contributed by atoms with Crippen LogP contribution in [0.1, 0.15) is 0 Å². The van der Waals surface area contributed by atoms with E-state index in [2.05, 4.69) is 0 Å². The van der Waals surface area contributed by atoms with Gasteiger partial charge in [-0.1, -0.05) is 12.2 Å². The standard InChI is InChI=1S/C7H8NO2/c9-7-4-2-1-3-5-8(10)6-7/h1-4H,5-6H2/q+1/b3-1-,4-2-. The summed E-state index contributed by atoms with van der Waals surface area (Å²) in [5.41, 5.74) is 0. The van der Waals surface area contributed by atoms with Crippen molar-refractivity contribution < 1.29 is 9.55 Å². The Morgan fingerprint density at radius 3 is 3.00 bits per heavy atom. The highest BCUT2D eigenvalue weighted by atomic mass is 16.3. The van der Waals surface area contributed by atoms with Crippen LogP contribution >= 0.6 is 0 Å². The number of carbonyl (C=O) groups excluding carboxylic acids is 1. The number of hydrogen-bond donors (Lipinski definition) is 0. The van der Waals surface area contributed by atoms with Gasteiger partial charge in [0.05, 0.1) is 0 Å². The maximum Gasteiger partial charge on any atom is 0.253 e. The van der Waals surface area contributed by atoms with E-state index in [4.69, 9.17) is 0 Å². The van der Waals surface area contributed by atoms with Crippen LogP contribution in [0.2, 0.25) is 0 Å². The first-order chi connectivity index (χ1) is 4.79. The zero-order chi connectivity index (χ0) is 7.40. The molecule has 0 atom stereocenters. The van der Waals surface area contributed by atoms with Crippen LogP contribution < -0.4 is 0 Å². The third-order valence-electron chi connectivity index (χ3n) is 1.17. The van der Waals surface area contributed by atoms with E-state index in [0.29, 0.717) is 6.54 Å². The molecule has 0 aromatic heterocycles. The minimum absolute atomic E-state index is 0.0269. The Balaban J connectivity index is 2.70. The SMILES string of the molecule is O=C1/C=C\C=C/C[N+](=O)C1. The first-order valence-corrected chi connectivity index (χ1v) is 3.07. The summed E-state index contributed by atoms with van der Waals surface area (Å²) in [7, 11) is 0. The Morgan fingerprint density at radius 2 is 2.20 bits per heavy atom. The Bertz CT molecular complexity index is 216. The van der Waals surface area contributed by atoms with Gasteiger partial charge in [-0.2, -0.15) is 0 Å². The number of hydrogen-bond acceptors (Lipinski definition) is 2. The fourth-order valence-electron chi connectivity index (χ4n) is 0.711. The van der Waals surface area contributed by atoms with E-state index in [1.807, 2.05) is 0 Å². The Labute approximate surface area is 58.6 Å². The lowest BCUT2D eigenvalue weighted by atomic mass is 10.3. The average Bonchev–Trinajstić information content (AvgIpc) is 1.83. The highest BCUT2D eigenvalue weighted by molar-refractivity contribution is 5.90. The van der Waals surface area contributed by atoms with Gasteiger partial charge in [0.15, 0.2) is 0 Å². The van der Waals surface area contributed by atoms with Gasteiger partial charge in [0.25, 0.3) is 6.54 Å². The molecule has 3 nitrogen and oxygen atoms in total. The summed E-state index contributed by atoms with van der Waals surface area (Å²) in [5, 5.41) is 0. The van der Waals surface area contributed by atoms with E-state index in [1.165, 1.54) is 6.08 Å². The van der Waals surface area contributed by atoms with Crippen LogP contribution in [-0.2, 0) is 4.79 Å². The minimum Gasteiger partial charge on any atom is -0.288 e. The van der Waals surface area contributed by atoms with E-state index in [0.717, 1.165) is 4.76 Å². The fourth-order valence-corrected chi connectivity index (χ4v) is 0.711. The van der Waals surface area contributed by atoms with Crippen LogP contribution in [0.3, 0.4) is 0 Å². The number of rotatable bonds is 0. The van der Waals surface area contributed by atoms with E-state index >= 15 is 0 Å². The third-order valence-corrected chi connectivity index (χ3v) is 1.17. The van der Waals surface area contributed by atoms with Crippen molar-refractivity contribution in [2.75, 3.05) is 13.1 Å². The van der Waals surface area contributed by atoms with Crippen LogP contribution in [0.15, 0.2) is 24.3 Å². The predicted octanol–water partition coefficient (Wildman–Crippen LogP) is 0.460. The number of carbonyl (C=O) groups is 1. The monoisotopic (exact) mass is 138 g/mol. The maximum absolute atomic E-state index is 10.7. The van der Waals surface area contributed by atoms with Crippen molar-refractivity contribution in [2.24, 2.45) is 0 Å². The molecule has 0 unspecified atom stereocenters. The number of allylic oxidation sites excluding steroid dienone is 2. The lowest BCUT2D eigenvalue weighted by Crippen LogP contribution is -2.17. The van der Waals surface area contributed by atoms with Crippen LogP contribution in [0.4, 0.5) is 0 Å². The Kier molecular flexibility index (Phi) is 2.10. The highest BCUT2D eigenvalue weighted by Gasteiger charge is 2.11. The lowest BCUT2D eigenvalue weighted by molar-refractivity contribution is -0.526. The molecule has 10 heavy (non-hydrogen) atoms. The van der Waals surface area contributed by atoms with Gasteiger partial charge >= 0.3 is 0 Å². The molecule has 0 fully saturated rings. The molecule has 1 rings (SSSR count). The van der Waals surface area contributed by atoms with Crippen molar-refractivity contribution >= 4 is 5.78 Å². The topological polar surface area (TPSA) is 37.1 Å². The molecule has 0 spiro atoms. The summed E-state index contributed by atoms with van der Waals surface area (Å²) in [4.78, 5) is 21.3. The second kappa shape index (κ2) is 3.06. The average molecular weight is 138 g/mol. The maximum atomic E-state index is 10.7. The smallest absolute Gasteiger partial charge is 0.253 e. The molecule has 0 aliphatic carbocycles. The first kappa shape index (κ1) is 6.86. The predicted molar refractivity (Wildman–Crippen MR) is 36.6 cm³/mol. The summed E-state index contributed by atoms with van der Waals surface area (Å²) in [6.07, 6.45) is 6.47. The summed E-state index contributed by atoms with van der Waals surface area (Å²) in [6.45, 7) is 0.275. The van der Waals surface area contributed by atoms with Gasteiger partial charge in [0.1, 0.15) is 0 Å². The van der Waals surface area contributed by atoms with Gasteiger partial charge in [-0.25, -0.2) is 0 Å². The van der Waals surface area contributed by atoms with Gasteiger partial charge < -0.3 is 0 Å². The molecule has 0 saturated carbocycles. The molecule has 0 amide bonds. The van der Waals surface area contributed by atoms with E-state index in [1.54, 1.807) is 18.2 Å². The van der Waals surface area contributed by atoms with Crippen LogP contribution in [0, 0.1) is 4.91 Å². The molecule has 0 aromatic rings. The number of nitroso groups, excluding NO2 is 1. The summed E-state index contributed by atoms with van der Waals surface area (Å²) in [5.74, 6) is -0.139. The number of nitrogens with zero attached hydrogens (tertiary/aromatic N) is 1. The van der Waals surface area contributed by atoms with Crippen molar-refractivity contribution in [3.05, 3.63) is 29.2 Å². The lowest BCUT2D eigenvalue weighted by Gasteiger charge is -1.89. The molecule has 3 heteroatoms. The van der Waals surface area contributed by atoms with Crippen molar-refractivity contribution in [1.82, 2.24) is 0 Å². The van der Waals surface area contributed by atoms with Crippen molar-refractivity contribution in [3.63, 3.8) is 0 Å². The van der Waals surface area contributed by atoms with Crippen molar-refractivity contribution in [2.45, 2.75) is 0 Å². The molecule has 1 heterocycles. The van der Waals surface area contributed by atoms with Crippen molar-refractivity contribution in [1.29, 1.82) is 0 Å².